The van der Waals surface area contributed by atoms with Gasteiger partial charge in [0.2, 0.25) is 0 Å². The molecule has 0 aliphatic heterocycles. The summed E-state index contributed by atoms with van der Waals surface area (Å²) in [6.07, 6.45) is 0. The molecule has 1 rings (SSSR count). The smallest absolute Gasteiger partial charge is 0.253 e. The van der Waals surface area contributed by atoms with Crippen molar-refractivity contribution in [3.8, 4) is 0 Å². The molecule has 1 unspecified atom stereocenters. The van der Waals surface area contributed by atoms with Gasteiger partial charge in [-0.3, -0.25) is 4.79 Å². The van der Waals surface area contributed by atoms with Gasteiger partial charge in [0, 0.05) is 24.6 Å². The molecule has 0 heterocycles. The molecule has 1 aromatic carbocycles. The second-order valence-electron chi connectivity index (χ2n) is 5.15. The van der Waals surface area contributed by atoms with Gasteiger partial charge in [0.25, 0.3) is 5.91 Å². The molecule has 0 radical (unpaired) electrons. The molecule has 1 amide bonds. The standard InChI is InChI=1S/C15H23N3O2/c1-5-18(9-12(4)14(16)17-20)15(19)13-7-10(2)6-11(3)8-13/h6-8,12,20H,5,9H2,1-4H3,(H2,16,17). The summed E-state index contributed by atoms with van der Waals surface area (Å²) >= 11 is 0. The maximum Gasteiger partial charge on any atom is 0.253 e. The summed E-state index contributed by atoms with van der Waals surface area (Å²) in [5.41, 5.74) is 8.37. The van der Waals surface area contributed by atoms with E-state index in [-0.39, 0.29) is 17.7 Å². The van der Waals surface area contributed by atoms with Crippen LogP contribution in [0, 0.1) is 19.8 Å². The third kappa shape index (κ3) is 3.98. The zero-order valence-corrected chi connectivity index (χ0v) is 12.6. The minimum atomic E-state index is -0.185. The van der Waals surface area contributed by atoms with Gasteiger partial charge in [-0.15, -0.1) is 0 Å². The van der Waals surface area contributed by atoms with Crippen molar-refractivity contribution in [3.63, 3.8) is 0 Å². The second kappa shape index (κ2) is 6.93. The topological polar surface area (TPSA) is 78.9 Å². The maximum absolute atomic E-state index is 12.5. The summed E-state index contributed by atoms with van der Waals surface area (Å²) in [4.78, 5) is 14.2. The molecule has 3 N–H and O–H groups in total. The molecular weight excluding hydrogens is 254 g/mol. The predicted octanol–water partition coefficient (Wildman–Crippen LogP) is 2.15. The first-order valence-corrected chi connectivity index (χ1v) is 6.74. The van der Waals surface area contributed by atoms with Crippen molar-refractivity contribution in [3.05, 3.63) is 34.9 Å². The van der Waals surface area contributed by atoms with E-state index in [2.05, 4.69) is 5.16 Å². The summed E-state index contributed by atoms with van der Waals surface area (Å²) in [5, 5.41) is 11.7. The van der Waals surface area contributed by atoms with Crippen molar-refractivity contribution in [2.75, 3.05) is 13.1 Å². The van der Waals surface area contributed by atoms with Crippen LogP contribution in [-0.2, 0) is 0 Å². The first kappa shape index (κ1) is 16.0. The van der Waals surface area contributed by atoms with Crippen molar-refractivity contribution in [1.29, 1.82) is 0 Å². The average Bonchev–Trinajstić information content (AvgIpc) is 2.41. The van der Waals surface area contributed by atoms with Crippen LogP contribution in [0.3, 0.4) is 0 Å². The Hall–Kier alpha value is -2.04. The SMILES string of the molecule is CCN(CC(C)C(N)=NO)C(=O)c1cc(C)cc(C)c1. The van der Waals surface area contributed by atoms with Crippen LogP contribution in [0.1, 0.15) is 35.3 Å². The number of aryl methyl sites for hydroxylation is 2. The van der Waals surface area contributed by atoms with Crippen molar-refractivity contribution >= 4 is 11.7 Å². The molecule has 1 aromatic rings. The normalized spacial score (nSPS) is 13.1. The summed E-state index contributed by atoms with van der Waals surface area (Å²) < 4.78 is 0. The van der Waals surface area contributed by atoms with Gasteiger partial charge >= 0.3 is 0 Å². The maximum atomic E-state index is 12.5. The van der Waals surface area contributed by atoms with E-state index in [0.29, 0.717) is 18.7 Å². The van der Waals surface area contributed by atoms with Crippen LogP contribution in [0.2, 0.25) is 0 Å². The lowest BCUT2D eigenvalue weighted by Gasteiger charge is -2.24. The van der Waals surface area contributed by atoms with Gasteiger partial charge in [-0.2, -0.15) is 0 Å². The number of benzene rings is 1. The summed E-state index contributed by atoms with van der Waals surface area (Å²) in [6.45, 7) is 8.69. The third-order valence-electron chi connectivity index (χ3n) is 3.25. The van der Waals surface area contributed by atoms with Gasteiger partial charge < -0.3 is 15.8 Å². The molecule has 0 fully saturated rings. The fourth-order valence-electron chi connectivity index (χ4n) is 2.16. The number of carbonyl (C=O) groups is 1. The number of nitrogens with zero attached hydrogens (tertiary/aromatic N) is 2. The van der Waals surface area contributed by atoms with E-state index in [9.17, 15) is 4.79 Å². The molecule has 110 valence electrons. The third-order valence-corrected chi connectivity index (χ3v) is 3.25. The zero-order chi connectivity index (χ0) is 15.3. The van der Waals surface area contributed by atoms with Gasteiger partial charge in [-0.1, -0.05) is 29.3 Å². The highest BCUT2D eigenvalue weighted by Crippen LogP contribution is 2.13. The fourth-order valence-corrected chi connectivity index (χ4v) is 2.16. The minimum absolute atomic E-state index is 0.0307. The van der Waals surface area contributed by atoms with Crippen molar-refractivity contribution in [2.24, 2.45) is 16.8 Å². The molecule has 0 bridgehead atoms. The number of nitrogens with two attached hydrogens (primary N) is 1. The van der Waals surface area contributed by atoms with E-state index in [1.807, 2.05) is 45.9 Å². The number of hydrogen-bond acceptors (Lipinski definition) is 3. The molecule has 0 saturated carbocycles. The minimum Gasteiger partial charge on any atom is -0.409 e. The Balaban J connectivity index is 2.92. The lowest BCUT2D eigenvalue weighted by molar-refractivity contribution is 0.0753. The molecule has 0 saturated heterocycles. The summed E-state index contributed by atoms with van der Waals surface area (Å²) in [5.74, 6) is -0.0802. The molecule has 0 spiro atoms. The number of amidine groups is 1. The van der Waals surface area contributed by atoms with Gasteiger partial charge in [0.05, 0.1) is 0 Å². The number of amides is 1. The van der Waals surface area contributed by atoms with Crippen molar-refractivity contribution in [2.45, 2.75) is 27.7 Å². The van der Waals surface area contributed by atoms with Gasteiger partial charge in [0.15, 0.2) is 0 Å². The fraction of sp³-hybridized carbons (Fsp3) is 0.467. The van der Waals surface area contributed by atoms with E-state index < -0.39 is 0 Å². The van der Waals surface area contributed by atoms with E-state index >= 15 is 0 Å². The monoisotopic (exact) mass is 277 g/mol. The average molecular weight is 277 g/mol. The highest BCUT2D eigenvalue weighted by Gasteiger charge is 2.19. The Morgan fingerprint density at radius 2 is 1.90 bits per heavy atom. The highest BCUT2D eigenvalue weighted by molar-refractivity contribution is 5.95. The van der Waals surface area contributed by atoms with Crippen LogP contribution in [0.4, 0.5) is 0 Å². The Morgan fingerprint density at radius 3 is 2.35 bits per heavy atom. The molecule has 0 aliphatic carbocycles. The number of oxime groups is 1. The van der Waals surface area contributed by atoms with E-state index in [1.165, 1.54) is 0 Å². The zero-order valence-electron chi connectivity index (χ0n) is 12.6. The van der Waals surface area contributed by atoms with Crippen molar-refractivity contribution in [1.82, 2.24) is 4.90 Å². The lowest BCUT2D eigenvalue weighted by atomic mass is 10.1. The van der Waals surface area contributed by atoms with E-state index in [0.717, 1.165) is 11.1 Å². The second-order valence-corrected chi connectivity index (χ2v) is 5.15. The Labute approximate surface area is 120 Å². The predicted molar refractivity (Wildman–Crippen MR) is 80.1 cm³/mol. The molecule has 0 aromatic heterocycles. The van der Waals surface area contributed by atoms with Crippen LogP contribution in [0.15, 0.2) is 23.4 Å². The first-order chi connectivity index (χ1) is 9.38. The molecule has 5 heteroatoms. The molecule has 20 heavy (non-hydrogen) atoms. The molecule has 5 nitrogen and oxygen atoms in total. The van der Waals surface area contributed by atoms with E-state index in [4.69, 9.17) is 10.9 Å². The quantitative estimate of drug-likeness (QED) is 0.374. The Morgan fingerprint density at radius 1 is 1.35 bits per heavy atom. The number of rotatable bonds is 5. The largest absolute Gasteiger partial charge is 0.409 e. The van der Waals surface area contributed by atoms with Gasteiger partial charge in [-0.25, -0.2) is 0 Å². The van der Waals surface area contributed by atoms with E-state index in [1.54, 1.807) is 4.90 Å². The summed E-state index contributed by atoms with van der Waals surface area (Å²) in [6, 6.07) is 5.80. The van der Waals surface area contributed by atoms with Crippen LogP contribution in [-0.4, -0.2) is 34.9 Å². The Kier molecular flexibility index (Phi) is 5.55. The summed E-state index contributed by atoms with van der Waals surface area (Å²) in [7, 11) is 0. The van der Waals surface area contributed by atoms with Gasteiger partial charge in [0.1, 0.15) is 5.84 Å². The molecule has 0 aliphatic rings. The van der Waals surface area contributed by atoms with Crippen LogP contribution in [0.5, 0.6) is 0 Å². The first-order valence-electron chi connectivity index (χ1n) is 6.74. The lowest BCUT2D eigenvalue weighted by Crippen LogP contribution is -2.38. The number of carbonyl (C=O) groups excluding carboxylic acids is 1. The van der Waals surface area contributed by atoms with Crippen molar-refractivity contribution < 1.29 is 10.0 Å². The van der Waals surface area contributed by atoms with Gasteiger partial charge in [-0.05, 0) is 32.9 Å². The van der Waals surface area contributed by atoms with Crippen LogP contribution >= 0.6 is 0 Å². The molecular formula is C15H23N3O2. The van der Waals surface area contributed by atoms with Crippen LogP contribution in [0.25, 0.3) is 0 Å². The van der Waals surface area contributed by atoms with Crippen LogP contribution < -0.4 is 5.73 Å². The molecule has 1 atom stereocenters. The highest BCUT2D eigenvalue weighted by atomic mass is 16.4. The number of hydrogen-bond donors (Lipinski definition) is 2. The Bertz CT molecular complexity index is 492.